The summed E-state index contributed by atoms with van der Waals surface area (Å²) in [5.41, 5.74) is 1.23. The summed E-state index contributed by atoms with van der Waals surface area (Å²) in [4.78, 5) is 24.1. The van der Waals surface area contributed by atoms with Crippen LogP contribution in [0.15, 0.2) is 42.5 Å². The average molecular weight is 366 g/mol. The van der Waals surface area contributed by atoms with Gasteiger partial charge in [0.05, 0.1) is 22.2 Å². The quantitative estimate of drug-likeness (QED) is 0.601. The number of hydrogen-bond donors (Lipinski definition) is 1. The van der Waals surface area contributed by atoms with Gasteiger partial charge in [-0.05, 0) is 30.7 Å². The number of non-ortho nitro benzene ring substituents is 1. The Morgan fingerprint density at radius 2 is 1.96 bits per heavy atom. The summed E-state index contributed by atoms with van der Waals surface area (Å²) in [5, 5.41) is 13.7. The molecule has 2 aromatic rings. The fraction of sp³-hybridized carbons (Fsp3) is 0.235. The number of benzene rings is 2. The van der Waals surface area contributed by atoms with Gasteiger partial charge in [0.15, 0.2) is 0 Å². The molecule has 2 aromatic carbocycles. The predicted molar refractivity (Wildman–Crippen MR) is 94.2 cm³/mol. The minimum atomic E-state index is -0.526. The van der Waals surface area contributed by atoms with Gasteiger partial charge in [-0.2, -0.15) is 0 Å². The summed E-state index contributed by atoms with van der Waals surface area (Å²) in [6, 6.07) is 9.99. The highest BCUT2D eigenvalue weighted by Gasteiger charge is 2.16. The van der Waals surface area contributed by atoms with E-state index in [0.717, 1.165) is 5.56 Å². The zero-order valence-electron chi connectivity index (χ0n) is 13.5. The molecule has 0 atom stereocenters. The highest BCUT2D eigenvalue weighted by Crippen LogP contribution is 2.29. The molecule has 1 N–H and O–H groups in total. The predicted octanol–water partition coefficient (Wildman–Crippen LogP) is 3.53. The second kappa shape index (κ2) is 8.43. The summed E-state index contributed by atoms with van der Waals surface area (Å²) in [6.07, 6.45) is 0. The van der Waals surface area contributed by atoms with Gasteiger partial charge < -0.3 is 10.2 Å². The van der Waals surface area contributed by atoms with Crippen molar-refractivity contribution in [2.75, 3.05) is 18.0 Å². The zero-order chi connectivity index (χ0) is 18.4. The van der Waals surface area contributed by atoms with Crippen LogP contribution in [0, 0.1) is 15.9 Å². The molecule has 0 spiro atoms. The fourth-order valence-electron chi connectivity index (χ4n) is 2.27. The van der Waals surface area contributed by atoms with Gasteiger partial charge in [-0.3, -0.25) is 14.9 Å². The lowest BCUT2D eigenvalue weighted by atomic mass is 10.2. The molecule has 0 radical (unpaired) electrons. The number of nitro groups is 1. The average Bonchev–Trinajstić information content (AvgIpc) is 2.59. The van der Waals surface area contributed by atoms with Crippen molar-refractivity contribution in [1.82, 2.24) is 5.32 Å². The molecule has 132 valence electrons. The molecule has 0 aliphatic carbocycles. The molecule has 0 saturated carbocycles. The number of anilines is 1. The van der Waals surface area contributed by atoms with Gasteiger partial charge in [0.2, 0.25) is 5.91 Å². The van der Waals surface area contributed by atoms with Gasteiger partial charge in [0.1, 0.15) is 5.82 Å². The molecule has 25 heavy (non-hydrogen) atoms. The lowest BCUT2D eigenvalue weighted by Crippen LogP contribution is -2.37. The second-order valence-electron chi connectivity index (χ2n) is 5.31. The Hall–Kier alpha value is -2.67. The van der Waals surface area contributed by atoms with Crippen LogP contribution in [0.3, 0.4) is 0 Å². The summed E-state index contributed by atoms with van der Waals surface area (Å²) in [5.74, 6) is -0.569. The van der Waals surface area contributed by atoms with Crippen LogP contribution >= 0.6 is 11.6 Å². The van der Waals surface area contributed by atoms with E-state index in [1.807, 2.05) is 6.92 Å². The fourth-order valence-corrected chi connectivity index (χ4v) is 2.56. The maximum absolute atomic E-state index is 12.9. The van der Waals surface area contributed by atoms with Crippen LogP contribution in [0.2, 0.25) is 5.02 Å². The molecule has 0 aromatic heterocycles. The molecule has 6 nitrogen and oxygen atoms in total. The highest BCUT2D eigenvalue weighted by atomic mass is 35.5. The normalized spacial score (nSPS) is 10.4. The van der Waals surface area contributed by atoms with E-state index in [0.29, 0.717) is 12.2 Å². The maximum Gasteiger partial charge on any atom is 0.271 e. The largest absolute Gasteiger partial charge is 0.361 e. The molecule has 2 rings (SSSR count). The lowest BCUT2D eigenvalue weighted by Gasteiger charge is -2.23. The van der Waals surface area contributed by atoms with Crippen LogP contribution in [0.5, 0.6) is 0 Å². The SMILES string of the molecule is CCN(CC(=O)NCc1ccc(F)cc1)c1ccc([N+](=O)[O-])cc1Cl. The van der Waals surface area contributed by atoms with Crippen molar-refractivity contribution in [1.29, 1.82) is 0 Å². The van der Waals surface area contributed by atoms with E-state index in [4.69, 9.17) is 11.6 Å². The van der Waals surface area contributed by atoms with Gasteiger partial charge >= 0.3 is 0 Å². The number of amides is 1. The number of carbonyl (C=O) groups is 1. The minimum absolute atomic E-state index is 0.0508. The van der Waals surface area contributed by atoms with Gasteiger partial charge in [0.25, 0.3) is 5.69 Å². The van der Waals surface area contributed by atoms with Crippen molar-refractivity contribution in [3.8, 4) is 0 Å². The second-order valence-corrected chi connectivity index (χ2v) is 5.72. The van der Waals surface area contributed by atoms with Gasteiger partial charge in [-0.15, -0.1) is 0 Å². The zero-order valence-corrected chi connectivity index (χ0v) is 14.3. The van der Waals surface area contributed by atoms with Crippen molar-refractivity contribution in [2.45, 2.75) is 13.5 Å². The van der Waals surface area contributed by atoms with Crippen LogP contribution in [0.25, 0.3) is 0 Å². The lowest BCUT2D eigenvalue weighted by molar-refractivity contribution is -0.384. The third-order valence-corrected chi connectivity index (χ3v) is 3.90. The number of carbonyl (C=O) groups excluding carboxylic acids is 1. The highest BCUT2D eigenvalue weighted by molar-refractivity contribution is 6.33. The molecule has 1 amide bonds. The summed E-state index contributed by atoms with van der Waals surface area (Å²) >= 11 is 6.10. The molecule has 0 bridgehead atoms. The van der Waals surface area contributed by atoms with Gasteiger partial charge in [-0.25, -0.2) is 4.39 Å². The number of nitrogens with one attached hydrogen (secondary N) is 1. The van der Waals surface area contributed by atoms with Crippen molar-refractivity contribution in [3.05, 3.63) is 69.0 Å². The first-order chi connectivity index (χ1) is 11.9. The Kier molecular flexibility index (Phi) is 6.30. The smallest absolute Gasteiger partial charge is 0.271 e. The van der Waals surface area contributed by atoms with Crippen molar-refractivity contribution in [2.24, 2.45) is 0 Å². The van der Waals surface area contributed by atoms with E-state index in [-0.39, 0.29) is 35.5 Å². The van der Waals surface area contributed by atoms with Crippen molar-refractivity contribution < 1.29 is 14.1 Å². The number of likely N-dealkylation sites (N-methyl/N-ethyl adjacent to an activating group) is 1. The maximum atomic E-state index is 12.9. The number of nitrogens with zero attached hydrogens (tertiary/aromatic N) is 2. The van der Waals surface area contributed by atoms with E-state index in [1.165, 1.54) is 30.3 Å². The van der Waals surface area contributed by atoms with Crippen LogP contribution in [0.4, 0.5) is 15.8 Å². The van der Waals surface area contributed by atoms with E-state index in [1.54, 1.807) is 17.0 Å². The first-order valence-corrected chi connectivity index (χ1v) is 7.98. The summed E-state index contributed by atoms with van der Waals surface area (Å²) < 4.78 is 12.9. The molecule has 0 fully saturated rings. The van der Waals surface area contributed by atoms with Crippen molar-refractivity contribution in [3.63, 3.8) is 0 Å². The Morgan fingerprint density at radius 3 is 2.52 bits per heavy atom. The number of halogens is 2. The first kappa shape index (κ1) is 18.7. The van der Waals surface area contributed by atoms with Gasteiger partial charge in [0, 0.05) is 25.2 Å². The standard InChI is InChI=1S/C17H17ClFN3O3/c1-2-21(16-8-7-14(22(24)25)9-15(16)18)11-17(23)20-10-12-3-5-13(19)6-4-12/h3-9H,2,10-11H2,1H3,(H,20,23). The number of nitro benzene ring substituents is 1. The molecule has 0 aliphatic heterocycles. The Bertz CT molecular complexity index is 768. The Balaban J connectivity index is 2.00. The topological polar surface area (TPSA) is 75.5 Å². The van der Waals surface area contributed by atoms with E-state index >= 15 is 0 Å². The van der Waals surface area contributed by atoms with E-state index in [9.17, 15) is 19.3 Å². The van der Waals surface area contributed by atoms with Crippen molar-refractivity contribution >= 4 is 28.9 Å². The van der Waals surface area contributed by atoms with E-state index in [2.05, 4.69) is 5.32 Å². The molecule has 0 saturated heterocycles. The third-order valence-electron chi connectivity index (χ3n) is 3.60. The Labute approximate surface area is 149 Å². The van der Waals surface area contributed by atoms with Gasteiger partial charge in [-0.1, -0.05) is 23.7 Å². The molecule has 0 heterocycles. The number of hydrogen-bond acceptors (Lipinski definition) is 4. The summed E-state index contributed by atoms with van der Waals surface area (Å²) in [6.45, 7) is 2.69. The number of rotatable bonds is 7. The van der Waals surface area contributed by atoms with Crippen LogP contribution < -0.4 is 10.2 Å². The Morgan fingerprint density at radius 1 is 1.28 bits per heavy atom. The summed E-state index contributed by atoms with van der Waals surface area (Å²) in [7, 11) is 0. The monoisotopic (exact) mass is 365 g/mol. The molecule has 0 unspecified atom stereocenters. The molecular weight excluding hydrogens is 349 g/mol. The first-order valence-electron chi connectivity index (χ1n) is 7.60. The van der Waals surface area contributed by atoms with E-state index < -0.39 is 4.92 Å². The molecule has 8 heteroatoms. The van der Waals surface area contributed by atoms with Crippen LogP contribution in [-0.4, -0.2) is 23.9 Å². The van der Waals surface area contributed by atoms with Crippen LogP contribution in [0.1, 0.15) is 12.5 Å². The van der Waals surface area contributed by atoms with Crippen LogP contribution in [-0.2, 0) is 11.3 Å². The minimum Gasteiger partial charge on any atom is -0.361 e. The molecule has 0 aliphatic rings. The molecular formula is C17H17ClFN3O3. The third kappa shape index (κ3) is 5.15.